The molecule has 76 valence electrons. The van der Waals surface area contributed by atoms with Crippen LogP contribution in [0.25, 0.3) is 0 Å². The highest BCUT2D eigenvalue weighted by molar-refractivity contribution is 8.77. The van der Waals surface area contributed by atoms with Crippen LogP contribution >= 0.6 is 10.8 Å². The quantitative estimate of drug-likeness (QED) is 0.547. The highest BCUT2D eigenvalue weighted by Crippen LogP contribution is 2.21. The van der Waals surface area contributed by atoms with Gasteiger partial charge in [-0.1, -0.05) is 0 Å². The Labute approximate surface area is 78.6 Å². The number of methoxy groups -OCH3 is 1. The molecule has 13 heavy (non-hydrogen) atoms. The summed E-state index contributed by atoms with van der Waals surface area (Å²) in [5, 5.41) is 5.72. The molecule has 0 aliphatic carbocycles. The van der Waals surface area contributed by atoms with Crippen LogP contribution in [-0.2, 0) is 18.4 Å². The predicted octanol–water partition coefficient (Wildman–Crippen LogP) is 0.289. The molecule has 8 heteroatoms. The molecule has 1 atom stereocenters. The fourth-order valence-corrected chi connectivity index (χ4v) is 2.94. The molecule has 0 saturated carbocycles. The number of hydrogen-bond acceptors (Lipinski definition) is 6. The average molecular weight is 228 g/mol. The number of carboxylic acids is 1. The maximum absolute atomic E-state index is 10.9. The van der Waals surface area contributed by atoms with Gasteiger partial charge < -0.3 is 9.84 Å². The largest absolute Gasteiger partial charge is 0.480 e. The zero-order valence-electron chi connectivity index (χ0n) is 6.88. The first-order valence-corrected chi connectivity index (χ1v) is 5.93. The number of ether oxygens (including phenoxy) is 1. The Hall–Kier alpha value is -0.760. The van der Waals surface area contributed by atoms with Crippen LogP contribution in [0.5, 0.6) is 0 Å². The molecule has 0 spiro atoms. The molecule has 0 aliphatic heterocycles. The Balaban J connectivity index is 4.53. The van der Waals surface area contributed by atoms with Crippen LogP contribution in [0.15, 0.2) is 0 Å². The van der Waals surface area contributed by atoms with Crippen LogP contribution in [-0.4, -0.2) is 37.2 Å². The van der Waals surface area contributed by atoms with Gasteiger partial charge in [-0.3, -0.25) is 4.79 Å². The van der Waals surface area contributed by atoms with Crippen molar-refractivity contribution in [2.75, 3.05) is 7.11 Å². The summed E-state index contributed by atoms with van der Waals surface area (Å²) in [7, 11) is -3.23. The molecule has 0 aromatic heterocycles. The van der Waals surface area contributed by atoms with E-state index >= 15 is 0 Å². The van der Waals surface area contributed by atoms with E-state index < -0.39 is 25.4 Å². The number of aliphatic carboxylic acids is 1. The lowest BCUT2D eigenvalue weighted by Gasteiger charge is -2.04. The summed E-state index contributed by atoms with van der Waals surface area (Å²) in [5.41, 5.74) is 0. The summed E-state index contributed by atoms with van der Waals surface area (Å²) in [6.07, 6.45) is 0. The van der Waals surface area contributed by atoms with E-state index in [-0.39, 0.29) is 10.8 Å². The van der Waals surface area contributed by atoms with Crippen molar-refractivity contribution in [3.05, 3.63) is 0 Å². The Kier molecular flexibility index (Phi) is 4.21. The second-order valence-corrected chi connectivity index (χ2v) is 6.02. The lowest BCUT2D eigenvalue weighted by molar-refractivity contribution is -0.136. The summed E-state index contributed by atoms with van der Waals surface area (Å²) in [4.78, 5) is 20.8. The predicted molar refractivity (Wildman–Crippen MR) is 46.0 cm³/mol. The number of rotatable bonds is 3. The molecule has 0 aliphatic rings. The molecule has 0 bridgehead atoms. The molecule has 0 heterocycles. The van der Waals surface area contributed by atoms with E-state index in [4.69, 9.17) is 5.11 Å². The molecule has 1 unspecified atom stereocenters. The Bertz CT molecular complexity index is 305. The first-order valence-electron chi connectivity index (χ1n) is 3.05. The van der Waals surface area contributed by atoms with Gasteiger partial charge in [-0.25, -0.2) is 13.2 Å². The second-order valence-electron chi connectivity index (χ2n) is 1.98. The summed E-state index contributed by atoms with van der Waals surface area (Å²) < 4.78 is 25.8. The van der Waals surface area contributed by atoms with E-state index in [1.165, 1.54) is 0 Å². The van der Waals surface area contributed by atoms with Crippen molar-refractivity contribution in [3.8, 4) is 0 Å². The molecular weight excluding hydrogens is 220 g/mol. The van der Waals surface area contributed by atoms with Crippen LogP contribution in [0.2, 0.25) is 0 Å². The standard InChI is InChI=1S/C5H8O6S2/c1-3(4(6)7)12-13(9,10)5(8)11-2/h3H,1-2H3,(H,6,7). The smallest absolute Gasteiger partial charge is 0.434 e. The minimum Gasteiger partial charge on any atom is -0.480 e. The van der Waals surface area contributed by atoms with E-state index in [9.17, 15) is 18.0 Å². The van der Waals surface area contributed by atoms with Crippen molar-refractivity contribution in [2.45, 2.75) is 12.2 Å². The lowest BCUT2D eigenvalue weighted by Crippen LogP contribution is -2.19. The van der Waals surface area contributed by atoms with Gasteiger partial charge >= 0.3 is 20.1 Å². The van der Waals surface area contributed by atoms with Crippen LogP contribution in [0.1, 0.15) is 6.92 Å². The molecule has 0 rings (SSSR count). The van der Waals surface area contributed by atoms with Gasteiger partial charge in [0.1, 0.15) is 5.25 Å². The van der Waals surface area contributed by atoms with Crippen LogP contribution in [0.4, 0.5) is 4.79 Å². The van der Waals surface area contributed by atoms with Gasteiger partial charge in [-0.05, 0) is 17.7 Å². The zero-order chi connectivity index (χ0) is 10.6. The monoisotopic (exact) mass is 228 g/mol. The number of hydrogen-bond donors (Lipinski definition) is 1. The zero-order valence-corrected chi connectivity index (χ0v) is 8.52. The van der Waals surface area contributed by atoms with Crippen molar-refractivity contribution in [3.63, 3.8) is 0 Å². The van der Waals surface area contributed by atoms with E-state index in [1.807, 2.05) is 0 Å². The van der Waals surface area contributed by atoms with Gasteiger partial charge in [0.15, 0.2) is 0 Å². The highest BCUT2D eigenvalue weighted by atomic mass is 33.1. The van der Waals surface area contributed by atoms with E-state index in [0.29, 0.717) is 0 Å². The normalized spacial score (nSPS) is 13.4. The van der Waals surface area contributed by atoms with Crippen LogP contribution in [0, 0.1) is 0 Å². The average Bonchev–Trinajstić information content (AvgIpc) is 2.01. The van der Waals surface area contributed by atoms with Gasteiger partial charge in [0, 0.05) is 0 Å². The Morgan fingerprint density at radius 3 is 2.23 bits per heavy atom. The van der Waals surface area contributed by atoms with Gasteiger partial charge in [-0.15, -0.1) is 0 Å². The maximum Gasteiger partial charge on any atom is 0.434 e. The van der Waals surface area contributed by atoms with Crippen molar-refractivity contribution in [2.24, 2.45) is 0 Å². The molecule has 0 aromatic carbocycles. The molecule has 0 aromatic rings. The maximum atomic E-state index is 10.9. The van der Waals surface area contributed by atoms with E-state index in [0.717, 1.165) is 14.0 Å². The van der Waals surface area contributed by atoms with Crippen molar-refractivity contribution in [1.82, 2.24) is 0 Å². The number of carbonyl (C=O) groups is 2. The molecule has 1 N–H and O–H groups in total. The van der Waals surface area contributed by atoms with Gasteiger partial charge in [0.25, 0.3) is 0 Å². The van der Waals surface area contributed by atoms with Crippen molar-refractivity contribution >= 4 is 30.9 Å². The summed E-state index contributed by atoms with van der Waals surface area (Å²) in [6.45, 7) is 1.16. The third-order valence-corrected chi connectivity index (χ3v) is 4.34. The second kappa shape index (κ2) is 4.47. The van der Waals surface area contributed by atoms with Crippen molar-refractivity contribution < 1.29 is 27.9 Å². The minimum absolute atomic E-state index is 0.0408. The Morgan fingerprint density at radius 2 is 1.92 bits per heavy atom. The lowest BCUT2D eigenvalue weighted by atomic mass is 10.5. The minimum atomic E-state index is -4.18. The third-order valence-electron chi connectivity index (χ3n) is 0.990. The molecule has 0 amide bonds. The van der Waals surface area contributed by atoms with Crippen LogP contribution in [0.3, 0.4) is 0 Å². The van der Waals surface area contributed by atoms with E-state index in [2.05, 4.69) is 4.74 Å². The molecule has 0 radical (unpaired) electrons. The fourth-order valence-electron chi connectivity index (χ4n) is 0.373. The molecule has 0 fully saturated rings. The van der Waals surface area contributed by atoms with Gasteiger partial charge in [0.05, 0.1) is 7.11 Å². The van der Waals surface area contributed by atoms with Crippen molar-refractivity contribution in [1.29, 1.82) is 0 Å². The SMILES string of the molecule is COC(=O)S(=O)(=O)SC(C)C(=O)O. The molecular formula is C5H8O6S2. The van der Waals surface area contributed by atoms with Gasteiger partial charge in [0.2, 0.25) is 0 Å². The number of carbonyl (C=O) groups excluding carboxylic acids is 1. The summed E-state index contributed by atoms with van der Waals surface area (Å²) in [5.74, 6) is -1.31. The first kappa shape index (κ1) is 12.2. The third kappa shape index (κ3) is 3.64. The van der Waals surface area contributed by atoms with E-state index in [1.54, 1.807) is 0 Å². The molecule has 0 saturated heterocycles. The van der Waals surface area contributed by atoms with Crippen LogP contribution < -0.4 is 0 Å². The first-order chi connectivity index (χ1) is 5.81. The van der Waals surface area contributed by atoms with Gasteiger partial charge in [-0.2, -0.15) is 0 Å². The molecule has 6 nitrogen and oxygen atoms in total. The summed E-state index contributed by atoms with van der Waals surface area (Å²) >= 11 is 0. The number of carboxylic acid groups (broad SMARTS) is 1. The Morgan fingerprint density at radius 1 is 1.46 bits per heavy atom. The highest BCUT2D eigenvalue weighted by Gasteiger charge is 2.29. The topological polar surface area (TPSA) is 97.7 Å². The fraction of sp³-hybridized carbons (Fsp3) is 0.600. The summed E-state index contributed by atoms with van der Waals surface area (Å²) in [6, 6.07) is 0.